The Bertz CT molecular complexity index is 567. The van der Waals surface area contributed by atoms with Crippen LogP contribution >= 0.6 is 11.3 Å². The van der Waals surface area contributed by atoms with E-state index in [1.807, 2.05) is 9.80 Å². The van der Waals surface area contributed by atoms with Crippen LogP contribution in [0.1, 0.15) is 50.0 Å². The molecule has 2 aliphatic rings. The largest absolute Gasteiger partial charge is 0.441 e. The average molecular weight is 337 g/mol. The zero-order valence-corrected chi connectivity index (χ0v) is 14.5. The molecule has 1 atom stereocenters. The number of piperidine rings is 1. The monoisotopic (exact) mass is 337 g/mol. The molecule has 1 aromatic heterocycles. The van der Waals surface area contributed by atoms with E-state index < -0.39 is 5.60 Å². The van der Waals surface area contributed by atoms with E-state index in [9.17, 15) is 9.59 Å². The highest BCUT2D eigenvalue weighted by molar-refractivity contribution is 7.07. The first kappa shape index (κ1) is 16.2. The predicted octanol–water partition coefficient (Wildman–Crippen LogP) is 2.76. The molecule has 6 nitrogen and oxygen atoms in total. The van der Waals surface area contributed by atoms with E-state index in [2.05, 4.69) is 18.8 Å². The van der Waals surface area contributed by atoms with E-state index >= 15 is 0 Å². The van der Waals surface area contributed by atoms with E-state index in [0.717, 1.165) is 12.8 Å². The minimum Gasteiger partial charge on any atom is -0.441 e. The fourth-order valence-electron chi connectivity index (χ4n) is 3.42. The van der Waals surface area contributed by atoms with Crippen molar-refractivity contribution in [2.75, 3.05) is 19.6 Å². The van der Waals surface area contributed by atoms with Gasteiger partial charge in [0, 0.05) is 37.4 Å². The SMILES string of the molecule is CCC[C@H](C)N1CC2(CCN(C(=O)c3cscn3)CC2)OC1=O. The number of ether oxygens (including phenoxy) is 1. The summed E-state index contributed by atoms with van der Waals surface area (Å²) in [7, 11) is 0. The maximum atomic E-state index is 12.3. The topological polar surface area (TPSA) is 62.7 Å². The fourth-order valence-corrected chi connectivity index (χ4v) is 3.94. The van der Waals surface area contributed by atoms with E-state index in [1.165, 1.54) is 11.3 Å². The Morgan fingerprint density at radius 3 is 2.83 bits per heavy atom. The molecule has 0 aromatic carbocycles. The van der Waals surface area contributed by atoms with Gasteiger partial charge in [-0.1, -0.05) is 13.3 Å². The van der Waals surface area contributed by atoms with Crippen LogP contribution in [-0.2, 0) is 4.74 Å². The summed E-state index contributed by atoms with van der Waals surface area (Å²) in [5, 5.41) is 1.77. The number of hydrogen-bond acceptors (Lipinski definition) is 5. The average Bonchev–Trinajstić information content (AvgIpc) is 3.16. The number of aromatic nitrogens is 1. The Kier molecular flexibility index (Phi) is 4.57. The molecule has 3 heterocycles. The van der Waals surface area contributed by atoms with Crippen molar-refractivity contribution in [3.05, 3.63) is 16.6 Å². The Hall–Kier alpha value is -1.63. The van der Waals surface area contributed by atoms with E-state index in [1.54, 1.807) is 10.9 Å². The standard InChI is InChI=1S/C16H23N3O3S/c1-3-4-12(2)19-10-16(22-15(19)21)5-7-18(8-6-16)14(20)13-9-23-11-17-13/h9,11-12H,3-8,10H2,1-2H3/t12-/m0/s1. The van der Waals surface area contributed by atoms with Gasteiger partial charge in [0.25, 0.3) is 5.91 Å². The molecule has 0 radical (unpaired) electrons. The number of amides is 2. The van der Waals surface area contributed by atoms with Crippen LogP contribution in [0.2, 0.25) is 0 Å². The number of hydrogen-bond donors (Lipinski definition) is 0. The molecule has 1 aromatic rings. The summed E-state index contributed by atoms with van der Waals surface area (Å²) in [4.78, 5) is 32.3. The Morgan fingerprint density at radius 2 is 2.22 bits per heavy atom. The minimum atomic E-state index is -0.419. The van der Waals surface area contributed by atoms with Gasteiger partial charge in [0.15, 0.2) is 0 Å². The lowest BCUT2D eigenvalue weighted by atomic mass is 9.91. The van der Waals surface area contributed by atoms with Crippen molar-refractivity contribution in [3.8, 4) is 0 Å². The molecule has 0 bridgehead atoms. The molecule has 2 saturated heterocycles. The predicted molar refractivity (Wildman–Crippen MR) is 87.5 cm³/mol. The number of likely N-dealkylation sites (tertiary alicyclic amines) is 1. The highest BCUT2D eigenvalue weighted by Crippen LogP contribution is 2.35. The summed E-state index contributed by atoms with van der Waals surface area (Å²) < 4.78 is 5.72. The van der Waals surface area contributed by atoms with Gasteiger partial charge in [-0.05, 0) is 13.3 Å². The van der Waals surface area contributed by atoms with Crippen LogP contribution in [0.4, 0.5) is 4.79 Å². The fraction of sp³-hybridized carbons (Fsp3) is 0.688. The van der Waals surface area contributed by atoms with E-state index in [4.69, 9.17) is 4.74 Å². The number of rotatable bonds is 4. The van der Waals surface area contributed by atoms with Crippen molar-refractivity contribution in [2.45, 2.75) is 51.2 Å². The summed E-state index contributed by atoms with van der Waals surface area (Å²) in [5.74, 6) is -0.0263. The van der Waals surface area contributed by atoms with Crippen molar-refractivity contribution < 1.29 is 14.3 Å². The second-order valence-electron chi connectivity index (χ2n) is 6.48. The molecule has 2 aliphatic heterocycles. The first-order valence-electron chi connectivity index (χ1n) is 8.22. The molecule has 2 amide bonds. The molecule has 3 rings (SSSR count). The third-order valence-corrected chi connectivity index (χ3v) is 5.44. The first-order chi connectivity index (χ1) is 11.0. The molecule has 0 aliphatic carbocycles. The van der Waals surface area contributed by atoms with Gasteiger partial charge in [0.05, 0.1) is 12.1 Å². The van der Waals surface area contributed by atoms with Crippen LogP contribution in [0.25, 0.3) is 0 Å². The summed E-state index contributed by atoms with van der Waals surface area (Å²) in [6.07, 6.45) is 3.23. The van der Waals surface area contributed by atoms with Crippen molar-refractivity contribution in [2.24, 2.45) is 0 Å². The molecule has 0 N–H and O–H groups in total. The Labute approximate surface area is 140 Å². The Balaban J connectivity index is 1.60. The maximum Gasteiger partial charge on any atom is 0.410 e. The van der Waals surface area contributed by atoms with Gasteiger partial charge >= 0.3 is 6.09 Å². The second-order valence-corrected chi connectivity index (χ2v) is 7.20. The molecule has 7 heteroatoms. The lowest BCUT2D eigenvalue weighted by Crippen LogP contribution is -2.49. The van der Waals surface area contributed by atoms with Gasteiger partial charge in [0.1, 0.15) is 11.3 Å². The van der Waals surface area contributed by atoms with Crippen LogP contribution in [-0.4, -0.2) is 58.1 Å². The third kappa shape index (κ3) is 3.20. The van der Waals surface area contributed by atoms with Gasteiger partial charge < -0.3 is 14.5 Å². The molecule has 0 unspecified atom stereocenters. The zero-order valence-electron chi connectivity index (χ0n) is 13.7. The van der Waals surface area contributed by atoms with Gasteiger partial charge in [0.2, 0.25) is 0 Å². The van der Waals surface area contributed by atoms with Crippen molar-refractivity contribution in [1.29, 1.82) is 0 Å². The molecule has 0 saturated carbocycles. The smallest absolute Gasteiger partial charge is 0.410 e. The summed E-state index contributed by atoms with van der Waals surface area (Å²) in [6.45, 7) is 6.06. The van der Waals surface area contributed by atoms with Gasteiger partial charge in [-0.25, -0.2) is 9.78 Å². The quantitative estimate of drug-likeness (QED) is 0.847. The lowest BCUT2D eigenvalue weighted by Gasteiger charge is -2.37. The number of nitrogens with zero attached hydrogens (tertiary/aromatic N) is 3. The van der Waals surface area contributed by atoms with Gasteiger partial charge in [-0.15, -0.1) is 11.3 Å². The second kappa shape index (κ2) is 6.47. The summed E-state index contributed by atoms with van der Waals surface area (Å²) in [6, 6.07) is 0.210. The van der Waals surface area contributed by atoms with Crippen molar-refractivity contribution in [3.63, 3.8) is 0 Å². The third-order valence-electron chi connectivity index (χ3n) is 4.85. The number of carbonyl (C=O) groups is 2. The number of thiazole rings is 1. The molecule has 126 valence electrons. The molecule has 2 fully saturated rings. The molecule has 23 heavy (non-hydrogen) atoms. The molecular weight excluding hydrogens is 314 g/mol. The van der Waals surface area contributed by atoms with Crippen LogP contribution in [0.3, 0.4) is 0 Å². The normalized spacial score (nSPS) is 21.6. The summed E-state index contributed by atoms with van der Waals surface area (Å²) in [5.41, 5.74) is 1.76. The van der Waals surface area contributed by atoms with Crippen LogP contribution in [0.15, 0.2) is 10.9 Å². The van der Waals surface area contributed by atoms with Gasteiger partial charge in [-0.3, -0.25) is 4.79 Å². The van der Waals surface area contributed by atoms with Crippen LogP contribution in [0.5, 0.6) is 0 Å². The maximum absolute atomic E-state index is 12.3. The highest BCUT2D eigenvalue weighted by atomic mass is 32.1. The van der Waals surface area contributed by atoms with Crippen LogP contribution < -0.4 is 0 Å². The number of carbonyl (C=O) groups excluding carboxylic acids is 2. The van der Waals surface area contributed by atoms with E-state index in [-0.39, 0.29) is 18.0 Å². The van der Waals surface area contributed by atoms with Crippen molar-refractivity contribution >= 4 is 23.3 Å². The van der Waals surface area contributed by atoms with E-state index in [0.29, 0.717) is 38.2 Å². The highest BCUT2D eigenvalue weighted by Gasteiger charge is 2.48. The molecular formula is C16H23N3O3S. The molecule has 1 spiro atoms. The van der Waals surface area contributed by atoms with Gasteiger partial charge in [-0.2, -0.15) is 0 Å². The first-order valence-corrected chi connectivity index (χ1v) is 9.16. The zero-order chi connectivity index (χ0) is 16.4. The Morgan fingerprint density at radius 1 is 1.48 bits per heavy atom. The summed E-state index contributed by atoms with van der Waals surface area (Å²) >= 11 is 1.42. The van der Waals surface area contributed by atoms with Crippen LogP contribution in [0, 0.1) is 0 Å². The lowest BCUT2D eigenvalue weighted by molar-refractivity contribution is 0.00292. The minimum absolute atomic E-state index is 0.0263. The van der Waals surface area contributed by atoms with Crippen molar-refractivity contribution in [1.82, 2.24) is 14.8 Å².